The molecule has 0 aliphatic carbocycles. The molecule has 1 fully saturated rings. The van der Waals surface area contributed by atoms with Gasteiger partial charge in [-0.25, -0.2) is 0 Å². The Morgan fingerprint density at radius 1 is 1.27 bits per heavy atom. The number of likely N-dealkylation sites (tertiary alicyclic amines) is 1. The van der Waals surface area contributed by atoms with Crippen molar-refractivity contribution in [2.45, 2.75) is 78.9 Å². The van der Waals surface area contributed by atoms with Crippen LogP contribution in [0.15, 0.2) is 0 Å². The second-order valence-corrected chi connectivity index (χ2v) is 6.28. The summed E-state index contributed by atoms with van der Waals surface area (Å²) in [6.45, 7) is 14.4. The van der Waals surface area contributed by atoms with E-state index in [1.165, 1.54) is 23.7 Å². The molecule has 4 unspecified atom stereocenters. The van der Waals surface area contributed by atoms with Crippen LogP contribution in [0.1, 0.15) is 60.8 Å². The van der Waals surface area contributed by atoms with Crippen molar-refractivity contribution in [2.24, 2.45) is 5.41 Å². The van der Waals surface area contributed by atoms with Gasteiger partial charge in [-0.05, 0) is 40.5 Å². The van der Waals surface area contributed by atoms with Crippen LogP contribution in [0.3, 0.4) is 0 Å². The summed E-state index contributed by atoms with van der Waals surface area (Å²) >= 11 is 0. The van der Waals surface area contributed by atoms with E-state index in [4.69, 9.17) is 0 Å². The van der Waals surface area contributed by atoms with Crippen LogP contribution in [0.4, 0.5) is 0 Å². The molecule has 1 aliphatic heterocycles. The van der Waals surface area contributed by atoms with Gasteiger partial charge < -0.3 is 4.48 Å². The maximum absolute atomic E-state index is 2.48. The largest absolute Gasteiger partial charge is 0.318 e. The Morgan fingerprint density at radius 3 is 2.20 bits per heavy atom. The highest BCUT2D eigenvalue weighted by Gasteiger charge is 2.63. The summed E-state index contributed by atoms with van der Waals surface area (Å²) in [5, 5.41) is 0. The molecule has 1 heteroatoms. The zero-order chi connectivity index (χ0) is 11.9. The molecule has 1 saturated heterocycles. The fourth-order valence-corrected chi connectivity index (χ4v) is 4.20. The van der Waals surface area contributed by atoms with Crippen LogP contribution in [-0.2, 0) is 0 Å². The molecule has 0 aromatic heterocycles. The van der Waals surface area contributed by atoms with Gasteiger partial charge in [0.1, 0.15) is 0 Å². The summed E-state index contributed by atoms with van der Waals surface area (Å²) in [5.41, 5.74) is 0.533. The predicted octanol–water partition coefficient (Wildman–Crippen LogP) is 3.83. The Bertz CT molecular complexity index is 221. The van der Waals surface area contributed by atoms with Crippen molar-refractivity contribution in [3.63, 3.8) is 0 Å². The molecule has 1 nitrogen and oxygen atoms in total. The maximum Gasteiger partial charge on any atom is 0.0998 e. The first kappa shape index (κ1) is 13.0. The number of quaternary nitrogens is 1. The van der Waals surface area contributed by atoms with Crippen LogP contribution in [0, 0.1) is 5.41 Å². The molecular weight excluding hydrogens is 182 g/mol. The van der Waals surface area contributed by atoms with Crippen molar-refractivity contribution < 1.29 is 4.48 Å². The van der Waals surface area contributed by atoms with Gasteiger partial charge in [-0.2, -0.15) is 0 Å². The molecule has 1 aliphatic rings. The van der Waals surface area contributed by atoms with Crippen LogP contribution in [0.2, 0.25) is 0 Å². The molecule has 0 aromatic carbocycles. The second kappa shape index (κ2) is 4.08. The summed E-state index contributed by atoms with van der Waals surface area (Å²) < 4.78 is 1.30. The SMILES string of the molecule is CCCC(C)[N+]1(C)C(C)C(C)(C)C1CC. The molecule has 0 bridgehead atoms. The lowest BCUT2D eigenvalue weighted by Crippen LogP contribution is -2.80. The lowest BCUT2D eigenvalue weighted by Gasteiger charge is -2.67. The Balaban J connectivity index is 2.85. The summed E-state index contributed by atoms with van der Waals surface area (Å²) in [6.07, 6.45) is 4.01. The lowest BCUT2D eigenvalue weighted by molar-refractivity contribution is -1.04. The van der Waals surface area contributed by atoms with E-state index < -0.39 is 0 Å². The molecule has 0 amide bonds. The second-order valence-electron chi connectivity index (χ2n) is 6.28. The molecule has 0 radical (unpaired) electrons. The van der Waals surface area contributed by atoms with Gasteiger partial charge in [-0.3, -0.25) is 0 Å². The highest BCUT2D eigenvalue weighted by molar-refractivity contribution is 4.95. The van der Waals surface area contributed by atoms with Crippen LogP contribution in [0.5, 0.6) is 0 Å². The smallest absolute Gasteiger partial charge is 0.0998 e. The zero-order valence-corrected chi connectivity index (χ0v) is 11.8. The van der Waals surface area contributed by atoms with E-state index in [2.05, 4.69) is 48.6 Å². The van der Waals surface area contributed by atoms with Gasteiger partial charge in [-0.1, -0.05) is 20.3 Å². The van der Waals surface area contributed by atoms with Gasteiger partial charge in [0.2, 0.25) is 0 Å². The Hall–Kier alpha value is -0.0400. The number of rotatable bonds is 4. The average molecular weight is 212 g/mol. The highest BCUT2D eigenvalue weighted by atomic mass is 15.5. The predicted molar refractivity (Wildman–Crippen MR) is 67.9 cm³/mol. The van der Waals surface area contributed by atoms with Crippen LogP contribution < -0.4 is 0 Å². The number of hydrogen-bond acceptors (Lipinski definition) is 0. The van der Waals surface area contributed by atoms with Gasteiger partial charge in [0.15, 0.2) is 0 Å². The fraction of sp³-hybridized carbons (Fsp3) is 1.00. The fourth-order valence-electron chi connectivity index (χ4n) is 4.20. The highest BCUT2D eigenvalue weighted by Crippen LogP contribution is 2.52. The number of nitrogens with zero attached hydrogens (tertiary/aromatic N) is 1. The molecule has 1 heterocycles. The minimum atomic E-state index is 0.533. The monoisotopic (exact) mass is 212 g/mol. The van der Waals surface area contributed by atoms with Crippen molar-refractivity contribution in [3.8, 4) is 0 Å². The molecule has 1 rings (SSSR count). The van der Waals surface area contributed by atoms with E-state index in [0.29, 0.717) is 5.41 Å². The molecule has 0 saturated carbocycles. The minimum absolute atomic E-state index is 0.533. The van der Waals surface area contributed by atoms with Gasteiger partial charge in [0.25, 0.3) is 0 Å². The van der Waals surface area contributed by atoms with Crippen molar-refractivity contribution >= 4 is 0 Å². The van der Waals surface area contributed by atoms with Crippen LogP contribution in [-0.4, -0.2) is 29.7 Å². The number of hydrogen-bond donors (Lipinski definition) is 0. The van der Waals surface area contributed by atoms with Gasteiger partial charge in [0.05, 0.1) is 30.6 Å². The summed E-state index contributed by atoms with van der Waals surface area (Å²) in [5.74, 6) is 0. The zero-order valence-electron chi connectivity index (χ0n) is 11.8. The molecule has 90 valence electrons. The first-order valence-corrected chi connectivity index (χ1v) is 6.68. The summed E-state index contributed by atoms with van der Waals surface area (Å²) in [6, 6.07) is 2.49. The van der Waals surface area contributed by atoms with Gasteiger partial charge in [0, 0.05) is 0 Å². The summed E-state index contributed by atoms with van der Waals surface area (Å²) in [7, 11) is 2.48. The van der Waals surface area contributed by atoms with Crippen LogP contribution in [0.25, 0.3) is 0 Å². The first-order chi connectivity index (χ1) is 6.83. The standard InChI is InChI=1S/C14H30N/c1-8-10-11(3)15(7)12(4)14(5,6)13(15)9-2/h11-13H,8-10H2,1-7H3/q+1. The third-order valence-corrected chi connectivity index (χ3v) is 5.48. The van der Waals surface area contributed by atoms with E-state index >= 15 is 0 Å². The van der Waals surface area contributed by atoms with Crippen molar-refractivity contribution in [3.05, 3.63) is 0 Å². The molecule has 4 atom stereocenters. The topological polar surface area (TPSA) is 0 Å². The van der Waals surface area contributed by atoms with E-state index in [1.54, 1.807) is 0 Å². The Morgan fingerprint density at radius 2 is 1.80 bits per heavy atom. The van der Waals surface area contributed by atoms with Crippen molar-refractivity contribution in [2.75, 3.05) is 7.05 Å². The van der Waals surface area contributed by atoms with Gasteiger partial charge >= 0.3 is 0 Å². The molecule has 15 heavy (non-hydrogen) atoms. The van der Waals surface area contributed by atoms with Gasteiger partial charge in [-0.15, -0.1) is 0 Å². The lowest BCUT2D eigenvalue weighted by atomic mass is 9.63. The normalized spacial score (nSPS) is 41.0. The minimum Gasteiger partial charge on any atom is -0.318 e. The maximum atomic E-state index is 2.48. The Labute approximate surface area is 96.4 Å². The average Bonchev–Trinajstić information content (AvgIpc) is 2.17. The quantitative estimate of drug-likeness (QED) is 0.621. The van der Waals surface area contributed by atoms with E-state index in [0.717, 1.165) is 18.1 Å². The molecular formula is C14H30N+. The molecule has 0 spiro atoms. The Kier molecular flexibility index (Phi) is 3.55. The molecule has 0 N–H and O–H groups in total. The van der Waals surface area contributed by atoms with E-state index in [1.807, 2.05) is 0 Å². The first-order valence-electron chi connectivity index (χ1n) is 6.68. The van der Waals surface area contributed by atoms with E-state index in [-0.39, 0.29) is 0 Å². The summed E-state index contributed by atoms with van der Waals surface area (Å²) in [4.78, 5) is 0. The molecule has 0 aromatic rings. The van der Waals surface area contributed by atoms with E-state index in [9.17, 15) is 0 Å². The van der Waals surface area contributed by atoms with Crippen molar-refractivity contribution in [1.29, 1.82) is 0 Å². The van der Waals surface area contributed by atoms with Crippen molar-refractivity contribution in [1.82, 2.24) is 0 Å². The third kappa shape index (κ3) is 1.63. The van der Waals surface area contributed by atoms with Crippen LogP contribution >= 0.6 is 0 Å². The third-order valence-electron chi connectivity index (χ3n) is 5.48.